The highest BCUT2D eigenvalue weighted by atomic mass is 79.9. The van der Waals surface area contributed by atoms with Crippen molar-refractivity contribution in [3.05, 3.63) is 87.4 Å². The van der Waals surface area contributed by atoms with E-state index in [1.165, 1.54) is 6.21 Å². The van der Waals surface area contributed by atoms with E-state index in [1.54, 1.807) is 36.4 Å². The van der Waals surface area contributed by atoms with Gasteiger partial charge in [0.1, 0.15) is 6.61 Å². The molecule has 0 aromatic heterocycles. The van der Waals surface area contributed by atoms with Gasteiger partial charge in [-0.05, 0) is 70.4 Å². The van der Waals surface area contributed by atoms with E-state index < -0.39 is 11.8 Å². The van der Waals surface area contributed by atoms with Crippen molar-refractivity contribution in [2.75, 3.05) is 11.9 Å². The van der Waals surface area contributed by atoms with Crippen LogP contribution in [0.2, 0.25) is 5.02 Å². The molecule has 0 saturated carbocycles. The number of amides is 2. The molecule has 170 valence electrons. The molecule has 7 nitrogen and oxygen atoms in total. The van der Waals surface area contributed by atoms with Crippen LogP contribution in [0.15, 0.2) is 76.3 Å². The van der Waals surface area contributed by atoms with Crippen LogP contribution in [0, 0.1) is 0 Å². The van der Waals surface area contributed by atoms with Crippen LogP contribution >= 0.6 is 27.5 Å². The first kappa shape index (κ1) is 24.3. The zero-order valence-corrected chi connectivity index (χ0v) is 20.0. The highest BCUT2D eigenvalue weighted by Gasteiger charge is 2.14. The maximum absolute atomic E-state index is 12.0. The minimum atomic E-state index is -0.909. The lowest BCUT2D eigenvalue weighted by molar-refractivity contribution is -0.136. The second kappa shape index (κ2) is 12.0. The van der Waals surface area contributed by atoms with Crippen LogP contribution in [-0.2, 0) is 16.2 Å². The van der Waals surface area contributed by atoms with Crippen molar-refractivity contribution in [3.8, 4) is 11.5 Å². The van der Waals surface area contributed by atoms with Crippen molar-refractivity contribution >= 4 is 51.2 Å². The van der Waals surface area contributed by atoms with Gasteiger partial charge in [-0.3, -0.25) is 9.59 Å². The molecule has 0 bridgehead atoms. The van der Waals surface area contributed by atoms with Crippen LogP contribution in [-0.4, -0.2) is 24.6 Å². The van der Waals surface area contributed by atoms with Crippen LogP contribution < -0.4 is 20.2 Å². The predicted octanol–water partition coefficient (Wildman–Crippen LogP) is 5.17. The van der Waals surface area contributed by atoms with Gasteiger partial charge in [-0.25, -0.2) is 5.43 Å². The van der Waals surface area contributed by atoms with E-state index >= 15 is 0 Å². The second-order valence-electron chi connectivity index (χ2n) is 6.70. The molecule has 9 heteroatoms. The van der Waals surface area contributed by atoms with Crippen molar-refractivity contribution < 1.29 is 19.1 Å². The predicted molar refractivity (Wildman–Crippen MR) is 132 cm³/mol. The molecule has 0 spiro atoms. The number of hydrogen-bond acceptors (Lipinski definition) is 5. The van der Waals surface area contributed by atoms with Gasteiger partial charge in [-0.15, -0.1) is 0 Å². The first-order chi connectivity index (χ1) is 16.0. The lowest BCUT2D eigenvalue weighted by Gasteiger charge is -2.14. The largest absolute Gasteiger partial charge is 0.490 e. The number of ether oxygens (including phenoxy) is 2. The van der Waals surface area contributed by atoms with Crippen molar-refractivity contribution in [2.45, 2.75) is 13.5 Å². The SMILES string of the molecule is CCOc1cc(C=NNC(=O)C(=O)Nc2ccc(Cl)cc2)cc(Br)c1OCc1ccccc1. The smallest absolute Gasteiger partial charge is 0.329 e. The normalized spacial score (nSPS) is 10.6. The molecule has 2 amide bonds. The first-order valence-corrected chi connectivity index (χ1v) is 11.2. The molecule has 0 fully saturated rings. The quantitative estimate of drug-likeness (QED) is 0.239. The highest BCUT2D eigenvalue weighted by Crippen LogP contribution is 2.37. The molecule has 0 radical (unpaired) electrons. The van der Waals surface area contributed by atoms with Crippen molar-refractivity contribution in [3.63, 3.8) is 0 Å². The third-order valence-corrected chi connectivity index (χ3v) is 5.09. The van der Waals surface area contributed by atoms with Crippen LogP contribution in [0.1, 0.15) is 18.1 Å². The number of halogens is 2. The molecule has 0 aliphatic carbocycles. The van der Waals surface area contributed by atoms with Crippen molar-refractivity contribution in [2.24, 2.45) is 5.10 Å². The average molecular weight is 531 g/mol. The molecular weight excluding hydrogens is 510 g/mol. The summed E-state index contributed by atoms with van der Waals surface area (Å²) in [5, 5.41) is 6.84. The van der Waals surface area contributed by atoms with Gasteiger partial charge in [0.15, 0.2) is 11.5 Å². The highest BCUT2D eigenvalue weighted by molar-refractivity contribution is 9.10. The van der Waals surface area contributed by atoms with E-state index in [2.05, 4.69) is 31.8 Å². The second-order valence-corrected chi connectivity index (χ2v) is 7.99. The number of nitrogens with zero attached hydrogens (tertiary/aromatic N) is 1. The Hall–Kier alpha value is -3.36. The van der Waals surface area contributed by atoms with Crippen LogP contribution in [0.25, 0.3) is 0 Å². The van der Waals surface area contributed by atoms with E-state index in [4.69, 9.17) is 21.1 Å². The molecule has 2 N–H and O–H groups in total. The van der Waals surface area contributed by atoms with Crippen LogP contribution in [0.3, 0.4) is 0 Å². The molecule has 0 heterocycles. The summed E-state index contributed by atoms with van der Waals surface area (Å²) in [5.74, 6) is -0.677. The maximum Gasteiger partial charge on any atom is 0.329 e. The van der Waals surface area contributed by atoms with Crippen LogP contribution in [0.4, 0.5) is 5.69 Å². The zero-order chi connectivity index (χ0) is 23.6. The monoisotopic (exact) mass is 529 g/mol. The summed E-state index contributed by atoms with van der Waals surface area (Å²) < 4.78 is 12.3. The maximum atomic E-state index is 12.0. The minimum Gasteiger partial charge on any atom is -0.490 e. The Bertz CT molecular complexity index is 1140. The molecule has 3 aromatic carbocycles. The molecule has 0 aliphatic rings. The molecule has 0 saturated heterocycles. The third kappa shape index (κ3) is 7.34. The number of nitrogens with one attached hydrogen (secondary N) is 2. The fourth-order valence-electron chi connectivity index (χ4n) is 2.73. The molecular formula is C24H21BrClN3O4. The van der Waals surface area contributed by atoms with Gasteiger partial charge in [0.05, 0.1) is 17.3 Å². The zero-order valence-electron chi connectivity index (χ0n) is 17.7. The molecule has 3 rings (SSSR count). The summed E-state index contributed by atoms with van der Waals surface area (Å²) >= 11 is 9.30. The van der Waals surface area contributed by atoms with Gasteiger partial charge in [0.2, 0.25) is 0 Å². The van der Waals surface area contributed by atoms with E-state index in [0.29, 0.717) is 45.5 Å². The fourth-order valence-corrected chi connectivity index (χ4v) is 3.43. The third-order valence-electron chi connectivity index (χ3n) is 4.25. The lowest BCUT2D eigenvalue weighted by atomic mass is 10.2. The standard InChI is InChI=1S/C24H21BrClN3O4/c1-2-32-21-13-17(12-20(25)22(21)33-15-16-6-4-3-5-7-16)14-27-29-24(31)23(30)28-19-10-8-18(26)9-11-19/h3-14H,2,15H2,1H3,(H,28,30)(H,29,31). The number of hydrogen-bond donors (Lipinski definition) is 2. The number of carbonyl (C=O) groups excluding carboxylic acids is 2. The van der Waals surface area contributed by atoms with E-state index in [-0.39, 0.29) is 0 Å². The summed E-state index contributed by atoms with van der Waals surface area (Å²) in [6.07, 6.45) is 1.40. The van der Waals surface area contributed by atoms with Gasteiger partial charge in [0, 0.05) is 10.7 Å². The van der Waals surface area contributed by atoms with Gasteiger partial charge in [-0.1, -0.05) is 41.9 Å². The summed E-state index contributed by atoms with van der Waals surface area (Å²) in [5.41, 5.74) is 4.30. The summed E-state index contributed by atoms with van der Waals surface area (Å²) in [6.45, 7) is 2.69. The van der Waals surface area contributed by atoms with Crippen LogP contribution in [0.5, 0.6) is 11.5 Å². The Morgan fingerprint density at radius 1 is 1.03 bits per heavy atom. The molecule has 3 aromatic rings. The molecule has 0 aliphatic heterocycles. The molecule has 33 heavy (non-hydrogen) atoms. The van der Waals surface area contributed by atoms with E-state index in [0.717, 1.165) is 5.56 Å². The van der Waals surface area contributed by atoms with Gasteiger partial charge < -0.3 is 14.8 Å². The Kier molecular flexibility index (Phi) is 8.86. The first-order valence-electron chi connectivity index (χ1n) is 9.99. The van der Waals surface area contributed by atoms with Gasteiger partial charge in [0.25, 0.3) is 0 Å². The number of benzene rings is 3. The van der Waals surface area contributed by atoms with Crippen molar-refractivity contribution in [1.82, 2.24) is 5.43 Å². The molecule has 0 atom stereocenters. The topological polar surface area (TPSA) is 89.0 Å². The van der Waals surface area contributed by atoms with Crippen molar-refractivity contribution in [1.29, 1.82) is 0 Å². The Morgan fingerprint density at radius 3 is 2.45 bits per heavy atom. The number of hydrazone groups is 1. The number of anilines is 1. The lowest BCUT2D eigenvalue weighted by Crippen LogP contribution is -2.32. The minimum absolute atomic E-state index is 0.381. The summed E-state index contributed by atoms with van der Waals surface area (Å²) in [4.78, 5) is 24.0. The average Bonchev–Trinajstić information content (AvgIpc) is 2.81. The number of rotatable bonds is 8. The van der Waals surface area contributed by atoms with E-state index in [9.17, 15) is 9.59 Å². The van der Waals surface area contributed by atoms with Gasteiger partial charge in [-0.2, -0.15) is 5.10 Å². The number of carbonyl (C=O) groups is 2. The Morgan fingerprint density at radius 2 is 1.76 bits per heavy atom. The summed E-state index contributed by atoms with van der Waals surface area (Å²) in [7, 11) is 0. The van der Waals surface area contributed by atoms with E-state index in [1.807, 2.05) is 37.3 Å². The molecule has 0 unspecified atom stereocenters. The van der Waals surface area contributed by atoms with Gasteiger partial charge >= 0.3 is 11.8 Å². The Balaban J connectivity index is 1.63. The fraction of sp³-hybridized carbons (Fsp3) is 0.125. The Labute approximate surface area is 204 Å². The summed E-state index contributed by atoms with van der Waals surface area (Å²) in [6, 6.07) is 19.7.